The normalized spacial score (nSPS) is 10.9. The van der Waals surface area contributed by atoms with Crippen LogP contribution >= 0.6 is 0 Å². The molecule has 1 aromatic carbocycles. The molecule has 0 saturated heterocycles. The Morgan fingerprint density at radius 3 is 2.17 bits per heavy atom. The predicted molar refractivity (Wildman–Crippen MR) is 63.0 cm³/mol. The molecule has 104 valence electrons. The van der Waals surface area contributed by atoms with Gasteiger partial charge in [-0.05, 0) is 24.0 Å². The van der Waals surface area contributed by atoms with Crippen molar-refractivity contribution in [2.75, 3.05) is 0 Å². The Morgan fingerprint density at radius 2 is 1.72 bits per heavy atom. The molecule has 1 nitrogen and oxygen atoms in total. The molecule has 18 heavy (non-hydrogen) atoms. The van der Waals surface area contributed by atoms with E-state index in [1.165, 1.54) is 12.1 Å². The van der Waals surface area contributed by atoms with Gasteiger partial charge in [0.05, 0.1) is 0 Å². The lowest BCUT2D eigenvalue weighted by Gasteiger charge is -2.12. The van der Waals surface area contributed by atoms with Crippen molar-refractivity contribution in [3.05, 3.63) is 29.6 Å². The molecular weight excluding hydrogens is 248 g/mol. The Bertz CT molecular complexity index is 358. The van der Waals surface area contributed by atoms with E-state index in [1.807, 2.05) is 27.7 Å². The van der Waals surface area contributed by atoms with Crippen LogP contribution < -0.4 is 4.74 Å². The molecular formula is C13H18F4O. The Balaban J connectivity index is 0.00000137. The van der Waals surface area contributed by atoms with Crippen molar-refractivity contribution in [2.24, 2.45) is 5.92 Å². The van der Waals surface area contributed by atoms with Crippen LogP contribution in [0.15, 0.2) is 18.2 Å². The van der Waals surface area contributed by atoms with Gasteiger partial charge in [-0.15, -0.1) is 13.2 Å². The number of alkyl halides is 3. The summed E-state index contributed by atoms with van der Waals surface area (Å²) in [5.74, 6) is -1.55. The van der Waals surface area contributed by atoms with Crippen LogP contribution in [0.3, 0.4) is 0 Å². The number of hydrogen-bond donors (Lipinski definition) is 0. The molecule has 0 aromatic heterocycles. The zero-order chi connectivity index (χ0) is 14.3. The third kappa shape index (κ3) is 5.89. The van der Waals surface area contributed by atoms with Gasteiger partial charge in [-0.25, -0.2) is 4.39 Å². The quantitative estimate of drug-likeness (QED) is 0.703. The third-order valence-corrected chi connectivity index (χ3v) is 1.90. The van der Waals surface area contributed by atoms with Crippen LogP contribution in [0.2, 0.25) is 0 Å². The molecule has 1 aromatic rings. The van der Waals surface area contributed by atoms with Crippen molar-refractivity contribution < 1.29 is 22.3 Å². The fourth-order valence-electron chi connectivity index (χ4n) is 1.36. The fourth-order valence-corrected chi connectivity index (χ4v) is 1.36. The highest BCUT2D eigenvalue weighted by atomic mass is 19.4. The second-order valence-electron chi connectivity index (χ2n) is 3.88. The van der Waals surface area contributed by atoms with Gasteiger partial charge >= 0.3 is 6.36 Å². The van der Waals surface area contributed by atoms with E-state index in [-0.39, 0.29) is 11.5 Å². The van der Waals surface area contributed by atoms with Gasteiger partial charge < -0.3 is 4.74 Å². The molecule has 0 bridgehead atoms. The molecule has 0 unspecified atom stereocenters. The minimum Gasteiger partial charge on any atom is -0.403 e. The highest BCUT2D eigenvalue weighted by Gasteiger charge is 2.32. The van der Waals surface area contributed by atoms with Crippen LogP contribution in [0.25, 0.3) is 0 Å². The molecule has 1 rings (SSSR count). The van der Waals surface area contributed by atoms with Crippen LogP contribution in [-0.2, 0) is 6.42 Å². The topological polar surface area (TPSA) is 9.23 Å². The number of halogens is 4. The number of ether oxygens (including phenoxy) is 1. The lowest BCUT2D eigenvalue weighted by atomic mass is 10.0. The summed E-state index contributed by atoms with van der Waals surface area (Å²) in [6.45, 7) is 7.72. The molecule has 0 atom stereocenters. The monoisotopic (exact) mass is 266 g/mol. The summed E-state index contributed by atoms with van der Waals surface area (Å²) in [5.41, 5.74) is 0.233. The predicted octanol–water partition coefficient (Wildman–Crippen LogP) is 4.95. The molecule has 0 amide bonds. The first kappa shape index (κ1) is 16.7. The van der Waals surface area contributed by atoms with E-state index in [2.05, 4.69) is 4.74 Å². The highest BCUT2D eigenvalue weighted by molar-refractivity contribution is 5.31. The molecule has 0 aliphatic rings. The molecule has 0 radical (unpaired) electrons. The van der Waals surface area contributed by atoms with E-state index >= 15 is 0 Å². The zero-order valence-electron chi connectivity index (χ0n) is 10.9. The molecule has 0 heterocycles. The van der Waals surface area contributed by atoms with Gasteiger partial charge in [-0.3, -0.25) is 0 Å². The molecule has 0 spiro atoms. The first-order valence-electron chi connectivity index (χ1n) is 5.82. The summed E-state index contributed by atoms with van der Waals surface area (Å²) in [6, 6.07) is 3.77. The van der Waals surface area contributed by atoms with Crippen molar-refractivity contribution in [2.45, 2.75) is 40.5 Å². The summed E-state index contributed by atoms with van der Waals surface area (Å²) in [4.78, 5) is 0. The van der Waals surface area contributed by atoms with Crippen LogP contribution in [0, 0.1) is 11.7 Å². The lowest BCUT2D eigenvalue weighted by molar-refractivity contribution is -0.275. The minimum atomic E-state index is -4.86. The van der Waals surface area contributed by atoms with Crippen molar-refractivity contribution in [1.82, 2.24) is 0 Å². The molecule has 0 aliphatic heterocycles. The second kappa shape index (κ2) is 7.24. The van der Waals surface area contributed by atoms with Crippen LogP contribution in [0.1, 0.15) is 33.3 Å². The first-order valence-corrected chi connectivity index (χ1v) is 5.82. The minimum absolute atomic E-state index is 0.163. The summed E-state index contributed by atoms with van der Waals surface area (Å²) in [6.07, 6.45) is -4.49. The Kier molecular flexibility index (Phi) is 6.73. The smallest absolute Gasteiger partial charge is 0.403 e. The van der Waals surface area contributed by atoms with Gasteiger partial charge in [0.15, 0.2) is 11.6 Å². The summed E-state index contributed by atoms with van der Waals surface area (Å²) in [7, 11) is 0. The highest BCUT2D eigenvalue weighted by Crippen LogP contribution is 2.28. The van der Waals surface area contributed by atoms with Crippen LogP contribution in [-0.4, -0.2) is 6.36 Å². The van der Waals surface area contributed by atoms with Gasteiger partial charge in [0.1, 0.15) is 0 Å². The van der Waals surface area contributed by atoms with E-state index in [0.717, 1.165) is 6.07 Å². The summed E-state index contributed by atoms with van der Waals surface area (Å²) < 4.78 is 52.9. The molecule has 0 N–H and O–H groups in total. The van der Waals surface area contributed by atoms with Gasteiger partial charge in [0.2, 0.25) is 0 Å². The van der Waals surface area contributed by atoms with E-state index in [1.54, 1.807) is 0 Å². The summed E-state index contributed by atoms with van der Waals surface area (Å²) >= 11 is 0. The largest absolute Gasteiger partial charge is 0.573 e. The van der Waals surface area contributed by atoms with E-state index in [4.69, 9.17) is 0 Å². The van der Waals surface area contributed by atoms with Crippen molar-refractivity contribution >= 4 is 0 Å². The van der Waals surface area contributed by atoms with Gasteiger partial charge in [-0.1, -0.05) is 39.8 Å². The Morgan fingerprint density at radius 1 is 1.17 bits per heavy atom. The van der Waals surface area contributed by atoms with E-state index < -0.39 is 17.9 Å². The third-order valence-electron chi connectivity index (χ3n) is 1.90. The van der Waals surface area contributed by atoms with Crippen LogP contribution in [0.5, 0.6) is 5.75 Å². The zero-order valence-corrected chi connectivity index (χ0v) is 10.9. The molecule has 5 heteroatoms. The maximum absolute atomic E-state index is 13.5. The Hall–Kier alpha value is -1.26. The maximum atomic E-state index is 13.5. The van der Waals surface area contributed by atoms with Crippen LogP contribution in [0.4, 0.5) is 17.6 Å². The van der Waals surface area contributed by atoms with E-state index in [0.29, 0.717) is 6.42 Å². The van der Waals surface area contributed by atoms with Crippen molar-refractivity contribution in [3.63, 3.8) is 0 Å². The number of hydrogen-bond acceptors (Lipinski definition) is 1. The SMILES string of the molecule is CC.CC(C)Cc1cccc(OC(F)(F)F)c1F. The average Bonchev–Trinajstić information content (AvgIpc) is 2.24. The van der Waals surface area contributed by atoms with Gasteiger partial charge in [0, 0.05) is 0 Å². The second-order valence-corrected chi connectivity index (χ2v) is 3.88. The molecule has 0 saturated carbocycles. The fraction of sp³-hybridized carbons (Fsp3) is 0.538. The van der Waals surface area contributed by atoms with Crippen molar-refractivity contribution in [3.8, 4) is 5.75 Å². The Labute approximate surface area is 105 Å². The maximum Gasteiger partial charge on any atom is 0.573 e. The van der Waals surface area contributed by atoms with Gasteiger partial charge in [0.25, 0.3) is 0 Å². The average molecular weight is 266 g/mol. The van der Waals surface area contributed by atoms with E-state index in [9.17, 15) is 17.6 Å². The number of rotatable bonds is 3. The van der Waals surface area contributed by atoms with Gasteiger partial charge in [-0.2, -0.15) is 0 Å². The molecule has 0 fully saturated rings. The molecule has 0 aliphatic carbocycles. The first-order chi connectivity index (χ1) is 8.29. The lowest BCUT2D eigenvalue weighted by Crippen LogP contribution is -2.18. The number of benzene rings is 1. The standard InChI is InChI=1S/C11H12F4O.C2H6/c1-7(2)6-8-4-3-5-9(10(8)12)16-11(13,14)15;1-2/h3-5,7H,6H2,1-2H3;1-2H3. The summed E-state index contributed by atoms with van der Waals surface area (Å²) in [5, 5.41) is 0. The van der Waals surface area contributed by atoms with Crippen molar-refractivity contribution in [1.29, 1.82) is 0 Å².